The van der Waals surface area contributed by atoms with Gasteiger partial charge < -0.3 is 15.4 Å². The summed E-state index contributed by atoms with van der Waals surface area (Å²) < 4.78 is 5.95. The van der Waals surface area contributed by atoms with Crippen LogP contribution in [0.15, 0.2) is 42.5 Å². The van der Waals surface area contributed by atoms with Crippen LogP contribution in [0.3, 0.4) is 0 Å². The maximum absolute atomic E-state index is 12.2. The average molecular weight is 350 g/mol. The summed E-state index contributed by atoms with van der Waals surface area (Å²) in [4.78, 5) is 12.2. The zero-order chi connectivity index (χ0) is 17.9. The van der Waals surface area contributed by atoms with Crippen molar-refractivity contribution in [1.29, 1.82) is 0 Å². The van der Waals surface area contributed by atoms with E-state index in [1.54, 1.807) is 0 Å². The van der Waals surface area contributed by atoms with Gasteiger partial charge in [-0.3, -0.25) is 4.79 Å². The quantitative estimate of drug-likeness (QED) is 0.768. The summed E-state index contributed by atoms with van der Waals surface area (Å²) in [6, 6.07) is 14.7. The van der Waals surface area contributed by atoms with Gasteiger partial charge in [0.2, 0.25) is 0 Å². The van der Waals surface area contributed by atoms with Crippen molar-refractivity contribution < 1.29 is 9.53 Å². The molecule has 2 N–H and O–H groups in total. The number of aryl methyl sites for hydroxylation is 1. The molecule has 1 amide bonds. The van der Waals surface area contributed by atoms with E-state index >= 15 is 0 Å². The number of carbonyl (C=O) groups is 1. The van der Waals surface area contributed by atoms with Crippen LogP contribution in [0, 0.1) is 6.92 Å². The predicted octanol–water partition coefficient (Wildman–Crippen LogP) is 5.03. The molecule has 2 saturated carbocycles. The summed E-state index contributed by atoms with van der Waals surface area (Å²) in [7, 11) is 0. The summed E-state index contributed by atoms with van der Waals surface area (Å²) in [5.41, 5.74) is 2.80. The minimum Gasteiger partial charge on any atom is -0.457 e. The first kappa shape index (κ1) is 17.0. The topological polar surface area (TPSA) is 50.4 Å². The molecule has 0 heterocycles. The van der Waals surface area contributed by atoms with Crippen molar-refractivity contribution in [2.24, 2.45) is 0 Å². The first-order chi connectivity index (χ1) is 12.7. The number of hydrogen-bond donors (Lipinski definition) is 2. The molecule has 2 aliphatic carbocycles. The molecule has 0 radical (unpaired) electrons. The van der Waals surface area contributed by atoms with Crippen LogP contribution < -0.4 is 15.4 Å². The van der Waals surface area contributed by atoms with Crippen LogP contribution >= 0.6 is 0 Å². The summed E-state index contributed by atoms with van der Waals surface area (Å²) in [5, 5.41) is 6.61. The van der Waals surface area contributed by atoms with Gasteiger partial charge in [0, 0.05) is 23.3 Å². The van der Waals surface area contributed by atoms with Gasteiger partial charge in [0.1, 0.15) is 11.5 Å². The lowest BCUT2D eigenvalue weighted by Crippen LogP contribution is -2.25. The second-order valence-corrected chi connectivity index (χ2v) is 7.48. The molecule has 2 aromatic carbocycles. The van der Waals surface area contributed by atoms with Crippen LogP contribution in [0.1, 0.15) is 54.4 Å². The van der Waals surface area contributed by atoms with Gasteiger partial charge in [-0.2, -0.15) is 0 Å². The number of ether oxygens (including phenoxy) is 1. The van der Waals surface area contributed by atoms with E-state index in [0.29, 0.717) is 12.1 Å². The Balaban J connectivity index is 1.38. The molecule has 0 bridgehead atoms. The molecule has 4 nitrogen and oxygen atoms in total. The van der Waals surface area contributed by atoms with Gasteiger partial charge in [0.15, 0.2) is 0 Å². The van der Waals surface area contributed by atoms with Crippen LogP contribution in [-0.2, 0) is 0 Å². The molecular weight excluding hydrogens is 324 g/mol. The van der Waals surface area contributed by atoms with E-state index in [2.05, 4.69) is 22.8 Å². The first-order valence-corrected chi connectivity index (χ1v) is 9.63. The Morgan fingerprint density at radius 3 is 2.27 bits per heavy atom. The fourth-order valence-corrected chi connectivity index (χ4v) is 3.51. The standard InChI is InChI=1S/C22H26N2O2/c1-15-14-20(12-13-21(15)22(25)24-18-6-7-18)26-19-10-8-17(9-11-19)23-16-4-2-3-5-16/h8-14,16,18,23H,2-7H2,1H3,(H,24,25). The monoisotopic (exact) mass is 350 g/mol. The highest BCUT2D eigenvalue weighted by Crippen LogP contribution is 2.27. The average Bonchev–Trinajstić information content (AvgIpc) is 3.29. The SMILES string of the molecule is Cc1cc(Oc2ccc(NC3CCCC3)cc2)ccc1C(=O)NC1CC1. The van der Waals surface area contributed by atoms with Crippen LogP contribution in [0.4, 0.5) is 5.69 Å². The lowest BCUT2D eigenvalue weighted by Gasteiger charge is -2.14. The fourth-order valence-electron chi connectivity index (χ4n) is 3.51. The minimum absolute atomic E-state index is 0.0129. The normalized spacial score (nSPS) is 17.1. The molecule has 0 atom stereocenters. The fraction of sp³-hybridized carbons (Fsp3) is 0.409. The van der Waals surface area contributed by atoms with Gasteiger partial charge in [-0.25, -0.2) is 0 Å². The van der Waals surface area contributed by atoms with Crippen molar-refractivity contribution in [2.45, 2.75) is 57.5 Å². The third-order valence-corrected chi connectivity index (χ3v) is 5.17. The number of nitrogens with one attached hydrogen (secondary N) is 2. The van der Waals surface area contributed by atoms with Crippen molar-refractivity contribution in [3.8, 4) is 11.5 Å². The molecule has 0 spiro atoms. The Bertz CT molecular complexity index is 775. The van der Waals surface area contributed by atoms with E-state index in [4.69, 9.17) is 4.74 Å². The molecule has 0 unspecified atom stereocenters. The van der Waals surface area contributed by atoms with E-state index in [9.17, 15) is 4.79 Å². The van der Waals surface area contributed by atoms with Gasteiger partial charge >= 0.3 is 0 Å². The number of hydrogen-bond acceptors (Lipinski definition) is 3. The van der Waals surface area contributed by atoms with E-state index in [1.807, 2.05) is 37.3 Å². The number of amides is 1. The van der Waals surface area contributed by atoms with Crippen molar-refractivity contribution in [3.63, 3.8) is 0 Å². The Morgan fingerprint density at radius 1 is 0.923 bits per heavy atom. The van der Waals surface area contributed by atoms with Crippen molar-refractivity contribution in [1.82, 2.24) is 5.32 Å². The summed E-state index contributed by atoms with van der Waals surface area (Å²) in [6.07, 6.45) is 7.37. The number of anilines is 1. The van der Waals surface area contributed by atoms with Crippen molar-refractivity contribution in [3.05, 3.63) is 53.6 Å². The second-order valence-electron chi connectivity index (χ2n) is 7.48. The van der Waals surface area contributed by atoms with E-state index in [0.717, 1.165) is 41.2 Å². The molecule has 4 rings (SSSR count). The van der Waals surface area contributed by atoms with Crippen LogP contribution in [0.5, 0.6) is 11.5 Å². The largest absolute Gasteiger partial charge is 0.457 e. The Kier molecular flexibility index (Phi) is 4.83. The lowest BCUT2D eigenvalue weighted by molar-refractivity contribution is 0.0950. The Labute approximate surface area is 155 Å². The van der Waals surface area contributed by atoms with Crippen molar-refractivity contribution in [2.75, 3.05) is 5.32 Å². The van der Waals surface area contributed by atoms with Crippen LogP contribution in [0.2, 0.25) is 0 Å². The zero-order valence-corrected chi connectivity index (χ0v) is 15.3. The summed E-state index contributed by atoms with van der Waals surface area (Å²) in [6.45, 7) is 1.95. The van der Waals surface area contributed by atoms with Gasteiger partial charge in [0.05, 0.1) is 0 Å². The van der Waals surface area contributed by atoms with E-state index < -0.39 is 0 Å². The van der Waals surface area contributed by atoms with Crippen LogP contribution in [0.25, 0.3) is 0 Å². The van der Waals surface area contributed by atoms with E-state index in [1.165, 1.54) is 25.7 Å². The molecule has 4 heteroatoms. The Morgan fingerprint density at radius 2 is 1.62 bits per heavy atom. The van der Waals surface area contributed by atoms with E-state index in [-0.39, 0.29) is 5.91 Å². The van der Waals surface area contributed by atoms with Gasteiger partial charge in [0.25, 0.3) is 5.91 Å². The number of rotatable bonds is 6. The predicted molar refractivity (Wildman–Crippen MR) is 104 cm³/mol. The molecule has 2 aliphatic rings. The highest BCUT2D eigenvalue weighted by atomic mass is 16.5. The molecule has 0 aromatic heterocycles. The van der Waals surface area contributed by atoms with Crippen LogP contribution in [-0.4, -0.2) is 18.0 Å². The first-order valence-electron chi connectivity index (χ1n) is 9.63. The third-order valence-electron chi connectivity index (χ3n) is 5.17. The highest BCUT2D eigenvalue weighted by Gasteiger charge is 2.24. The maximum Gasteiger partial charge on any atom is 0.251 e. The van der Waals surface area contributed by atoms with Gasteiger partial charge in [-0.1, -0.05) is 12.8 Å². The summed E-state index contributed by atoms with van der Waals surface area (Å²) in [5.74, 6) is 1.57. The molecule has 0 aliphatic heterocycles. The van der Waals surface area contributed by atoms with Gasteiger partial charge in [-0.15, -0.1) is 0 Å². The van der Waals surface area contributed by atoms with Crippen molar-refractivity contribution >= 4 is 11.6 Å². The molecule has 136 valence electrons. The lowest BCUT2D eigenvalue weighted by atomic mass is 10.1. The minimum atomic E-state index is 0.0129. The second kappa shape index (κ2) is 7.40. The van der Waals surface area contributed by atoms with Gasteiger partial charge in [-0.05, 0) is 80.6 Å². The molecule has 2 fully saturated rings. The summed E-state index contributed by atoms with van der Waals surface area (Å²) >= 11 is 0. The molecule has 0 saturated heterocycles. The zero-order valence-electron chi connectivity index (χ0n) is 15.3. The molecular formula is C22H26N2O2. The third kappa shape index (κ3) is 4.18. The maximum atomic E-state index is 12.2. The number of carbonyl (C=O) groups excluding carboxylic acids is 1. The molecule has 26 heavy (non-hydrogen) atoms. The highest BCUT2D eigenvalue weighted by molar-refractivity contribution is 5.96. The molecule has 2 aromatic rings. The Hall–Kier alpha value is -2.49. The number of benzene rings is 2. The smallest absolute Gasteiger partial charge is 0.251 e.